The quantitative estimate of drug-likeness (QED) is 0.133. The van der Waals surface area contributed by atoms with Crippen LogP contribution in [0.5, 0.6) is 0 Å². The van der Waals surface area contributed by atoms with Crippen LogP contribution in [-0.4, -0.2) is 264 Å². The Bertz CT molecular complexity index is 2540. The van der Waals surface area contributed by atoms with Crippen LogP contribution < -0.4 is 16.0 Å². The van der Waals surface area contributed by atoms with E-state index in [1.165, 1.54) is 92.6 Å². The zero-order valence-electron chi connectivity index (χ0n) is 61.0. The number of hydrogen-bond acceptors (Lipinski definition) is 13. The Morgan fingerprint density at radius 3 is 1.36 bits per heavy atom. The third-order valence-corrected chi connectivity index (χ3v) is 17.3. The van der Waals surface area contributed by atoms with Crippen LogP contribution in [0.25, 0.3) is 0 Å². The van der Waals surface area contributed by atoms with Crippen molar-refractivity contribution in [1.82, 2.24) is 60.0 Å². The molecule has 24 heteroatoms. The number of nitrogens with one attached hydrogen (secondary N) is 3. The maximum absolute atomic E-state index is 15.5. The lowest BCUT2D eigenvalue weighted by Gasteiger charge is -2.41. The van der Waals surface area contributed by atoms with Crippen molar-refractivity contribution in [3.05, 3.63) is 24.3 Å². The van der Waals surface area contributed by atoms with E-state index >= 15 is 24.0 Å². The number of rotatable bonds is 19. The van der Waals surface area contributed by atoms with Gasteiger partial charge in [-0.05, 0) is 115 Å². The van der Waals surface area contributed by atoms with E-state index in [0.29, 0.717) is 13.0 Å². The molecule has 0 spiro atoms. The van der Waals surface area contributed by atoms with Gasteiger partial charge < -0.3 is 65.2 Å². The van der Waals surface area contributed by atoms with Crippen LogP contribution in [-0.2, 0) is 52.7 Å². The minimum absolute atomic E-state index is 0.0153. The Morgan fingerprint density at radius 2 is 0.902 bits per heavy atom. The van der Waals surface area contributed by atoms with Crippen LogP contribution >= 0.6 is 0 Å². The van der Waals surface area contributed by atoms with Crippen LogP contribution in [0.4, 0.5) is 0 Å². The lowest BCUT2D eigenvalue weighted by Crippen LogP contribution is -2.63. The molecule has 12 atom stereocenters. The van der Waals surface area contributed by atoms with E-state index in [1.54, 1.807) is 60.6 Å². The maximum atomic E-state index is 15.5. The minimum atomic E-state index is -1.62. The summed E-state index contributed by atoms with van der Waals surface area (Å²) >= 11 is 0. The second kappa shape index (κ2) is 38.7. The molecule has 0 aromatic rings. The number of carbonyl (C=O) groups is 11. The first-order valence-corrected chi connectivity index (χ1v) is 33.2. The third kappa shape index (κ3) is 23.8. The highest BCUT2D eigenvalue weighted by molar-refractivity contribution is 5.99. The van der Waals surface area contributed by atoms with Crippen molar-refractivity contribution in [2.45, 2.75) is 223 Å². The topological polar surface area (TPSA) is 273 Å². The molecular formula is C68H122N12O12. The first-order valence-electron chi connectivity index (χ1n) is 33.2. The number of hydrogen-bond donors (Lipinski definition) is 4. The first-order chi connectivity index (χ1) is 42.5. The van der Waals surface area contributed by atoms with Crippen LogP contribution in [0.3, 0.4) is 0 Å². The van der Waals surface area contributed by atoms with Gasteiger partial charge in [-0.15, -0.1) is 0 Å². The number of nitrogens with zero attached hydrogens (tertiary/aromatic N) is 9. The lowest BCUT2D eigenvalue weighted by atomic mass is 9.91. The monoisotopic (exact) mass is 1300 g/mol. The SMILES string of the molecule is C/C=C/C[C@@H](C)[C@@H](O)[C@H]1C(=O)N[C@@H](CC)C(=O)N(C)CC(=O)N(C)[C@@H](CC(C)C)C(=O)N(C/C=C/CN(C)C)[C@@H](C(C)C)C(=O)N(C)[C@@H](CC(C)C)C(=O)N[C@@H](C)C(=O)N[C@H](C)C(=O)N(C)[C@@H](CC(C)C)C(=O)N(C)[C@@H](CC(C)C)C(=O)N(C)[C@@H](C(C)C)C(=O)N1C. The Hall–Kier alpha value is -6.43. The molecule has 0 radical (unpaired) electrons. The number of amides is 11. The van der Waals surface area contributed by atoms with Gasteiger partial charge in [-0.2, -0.15) is 0 Å². The highest BCUT2D eigenvalue weighted by atomic mass is 16.3. The minimum Gasteiger partial charge on any atom is -0.390 e. The molecule has 1 heterocycles. The fourth-order valence-electron chi connectivity index (χ4n) is 11.7. The van der Waals surface area contributed by atoms with Crippen molar-refractivity contribution in [1.29, 1.82) is 0 Å². The zero-order valence-corrected chi connectivity index (χ0v) is 61.0. The van der Waals surface area contributed by atoms with Gasteiger partial charge in [-0.3, -0.25) is 52.7 Å². The molecule has 0 aromatic heterocycles. The van der Waals surface area contributed by atoms with E-state index in [-0.39, 0.29) is 62.3 Å². The summed E-state index contributed by atoms with van der Waals surface area (Å²) in [4.78, 5) is 176. The second-order valence-corrected chi connectivity index (χ2v) is 28.3. The fraction of sp³-hybridized carbons (Fsp3) is 0.779. The number of aliphatic hydroxyl groups excluding tert-OH is 1. The molecule has 11 amide bonds. The molecule has 1 fully saturated rings. The Balaban J connectivity index is 4.52. The van der Waals surface area contributed by atoms with Gasteiger partial charge in [0.2, 0.25) is 65.0 Å². The summed E-state index contributed by atoms with van der Waals surface area (Å²) in [6, 6.07) is -12.5. The number of allylic oxidation sites excluding steroid dienone is 2. The van der Waals surface area contributed by atoms with Crippen molar-refractivity contribution >= 4 is 65.0 Å². The van der Waals surface area contributed by atoms with E-state index in [4.69, 9.17) is 0 Å². The fourth-order valence-corrected chi connectivity index (χ4v) is 11.7. The average Bonchev–Trinajstić information content (AvgIpc) is 0.810. The maximum Gasteiger partial charge on any atom is 0.246 e. The van der Waals surface area contributed by atoms with E-state index in [9.17, 15) is 33.9 Å². The molecule has 0 bridgehead atoms. The van der Waals surface area contributed by atoms with Gasteiger partial charge in [-0.1, -0.05) is 121 Å². The molecule has 92 heavy (non-hydrogen) atoms. The Kier molecular flexibility index (Phi) is 35.1. The summed E-state index contributed by atoms with van der Waals surface area (Å²) in [5, 5.41) is 20.4. The highest BCUT2D eigenvalue weighted by Gasteiger charge is 2.46. The smallest absolute Gasteiger partial charge is 0.246 e. The molecule has 0 saturated carbocycles. The largest absolute Gasteiger partial charge is 0.390 e. The van der Waals surface area contributed by atoms with Crippen molar-refractivity contribution in [3.8, 4) is 0 Å². The molecule has 526 valence electrons. The summed E-state index contributed by atoms with van der Waals surface area (Å²) in [5.41, 5.74) is 0. The lowest BCUT2D eigenvalue weighted by molar-refractivity contribution is -0.157. The first kappa shape index (κ1) is 83.6. The van der Waals surface area contributed by atoms with E-state index < -0.39 is 156 Å². The standard InChI is InChI=1S/C68H122N12O12/c1-27-29-32-46(15)58(82)57-61(85)71-49(28-2)63(87)73(20)39-54(81)74(21)53(38-43(9)10)66(90)80(34-31-30-33-72(18)19)56(45(13)14)68(92)75(22)50(35-40(3)4)60(84)69-47(16)59(83)70-48(17)62(86)76(23)51(36-41(5)6)64(88)77(24)52(37-42(7)8)65(89)78(25)55(44(11)12)67(91)79(57)26/h27,29-31,40-53,55-58,82H,28,32-39H2,1-26H3,(H,69,84)(H,70,83)(H,71,85)/b29-27+,31-30+/t46-,47+,48-,49+,50+,51+,52+,53+,55+,56+,57+,58-/m1/s1. The molecular weight excluding hydrogens is 1180 g/mol. The van der Waals surface area contributed by atoms with E-state index in [1.807, 2.05) is 86.5 Å². The van der Waals surface area contributed by atoms with Crippen LogP contribution in [0.2, 0.25) is 0 Å². The second-order valence-electron chi connectivity index (χ2n) is 28.3. The Labute approximate surface area is 552 Å². The zero-order chi connectivity index (χ0) is 71.3. The average molecular weight is 1300 g/mol. The van der Waals surface area contributed by atoms with E-state index in [2.05, 4.69) is 16.0 Å². The van der Waals surface area contributed by atoms with Crippen molar-refractivity contribution < 1.29 is 57.8 Å². The molecule has 1 aliphatic rings. The number of aliphatic hydroxyl groups is 1. The van der Waals surface area contributed by atoms with Crippen LogP contribution in [0.15, 0.2) is 24.3 Å². The summed E-state index contributed by atoms with van der Waals surface area (Å²) in [6.07, 6.45) is 6.62. The molecule has 4 N–H and O–H groups in total. The number of carbonyl (C=O) groups excluding carboxylic acids is 11. The van der Waals surface area contributed by atoms with Crippen LogP contribution in [0.1, 0.15) is 156 Å². The summed E-state index contributed by atoms with van der Waals surface area (Å²) < 4.78 is 0. The molecule has 0 aliphatic carbocycles. The van der Waals surface area contributed by atoms with Gasteiger partial charge in [0.25, 0.3) is 0 Å². The third-order valence-electron chi connectivity index (χ3n) is 17.3. The predicted molar refractivity (Wildman–Crippen MR) is 360 cm³/mol. The molecule has 0 aromatic carbocycles. The molecule has 1 saturated heterocycles. The molecule has 1 aliphatic heterocycles. The van der Waals surface area contributed by atoms with Crippen molar-refractivity contribution in [2.75, 3.05) is 83.1 Å². The summed E-state index contributed by atoms with van der Waals surface area (Å²) in [7, 11) is 13.8. The van der Waals surface area contributed by atoms with Crippen LogP contribution in [0, 0.1) is 41.4 Å². The highest BCUT2D eigenvalue weighted by Crippen LogP contribution is 2.27. The van der Waals surface area contributed by atoms with Gasteiger partial charge in [0.05, 0.1) is 12.6 Å². The summed E-state index contributed by atoms with van der Waals surface area (Å²) in [5.74, 6) is -9.69. The molecule has 0 unspecified atom stereocenters. The molecule has 1 rings (SSSR count). The Morgan fingerprint density at radius 1 is 0.478 bits per heavy atom. The molecule has 24 nitrogen and oxygen atoms in total. The number of likely N-dealkylation sites (N-methyl/N-ethyl adjacent to an activating group) is 8. The summed E-state index contributed by atoms with van der Waals surface area (Å²) in [6.45, 7) is 30.0. The van der Waals surface area contributed by atoms with Gasteiger partial charge in [-0.25, -0.2) is 0 Å². The van der Waals surface area contributed by atoms with Gasteiger partial charge >= 0.3 is 0 Å². The predicted octanol–water partition coefficient (Wildman–Crippen LogP) is 4.10. The van der Waals surface area contributed by atoms with E-state index in [0.717, 1.165) is 9.80 Å². The van der Waals surface area contributed by atoms with Gasteiger partial charge in [0.15, 0.2) is 0 Å². The normalized spacial score (nSPS) is 26.0. The van der Waals surface area contributed by atoms with Crippen molar-refractivity contribution in [2.24, 2.45) is 41.4 Å². The van der Waals surface area contributed by atoms with Crippen molar-refractivity contribution in [3.63, 3.8) is 0 Å². The van der Waals surface area contributed by atoms with Gasteiger partial charge in [0.1, 0.15) is 60.4 Å². The van der Waals surface area contributed by atoms with Gasteiger partial charge in [0, 0.05) is 62.4 Å².